The van der Waals surface area contributed by atoms with E-state index < -0.39 is 5.91 Å². The largest absolute Gasteiger partial charge is 0.366 e. The Labute approximate surface area is 140 Å². The van der Waals surface area contributed by atoms with Crippen LogP contribution in [0.25, 0.3) is 0 Å². The summed E-state index contributed by atoms with van der Waals surface area (Å²) in [6, 6.07) is 6.62. The first kappa shape index (κ1) is 15.2. The van der Waals surface area contributed by atoms with Gasteiger partial charge in [0.05, 0.1) is 29.2 Å². The Morgan fingerprint density at radius 3 is 2.73 bits per heavy atom. The maximum atomic E-state index is 14.4. The van der Waals surface area contributed by atoms with Gasteiger partial charge < -0.3 is 16.0 Å². The van der Waals surface area contributed by atoms with Gasteiger partial charge in [-0.05, 0) is 46.9 Å². The van der Waals surface area contributed by atoms with Crippen molar-refractivity contribution in [1.29, 1.82) is 0 Å². The summed E-state index contributed by atoms with van der Waals surface area (Å²) in [5.74, 6) is -0.890. The average molecular weight is 412 g/mol. The van der Waals surface area contributed by atoms with Crippen LogP contribution in [0.5, 0.6) is 0 Å². The van der Waals surface area contributed by atoms with Gasteiger partial charge in [-0.2, -0.15) is 0 Å². The first-order chi connectivity index (χ1) is 10.6. The van der Waals surface area contributed by atoms with Gasteiger partial charge in [-0.3, -0.25) is 9.78 Å². The summed E-state index contributed by atoms with van der Waals surface area (Å²) in [6.07, 6.45) is 3.06. The second-order valence-electron chi connectivity index (χ2n) is 5.03. The van der Waals surface area contributed by atoms with Crippen LogP contribution >= 0.6 is 22.6 Å². The van der Waals surface area contributed by atoms with Crippen LogP contribution in [0.3, 0.4) is 0 Å². The molecule has 2 heterocycles. The van der Waals surface area contributed by atoms with Crippen LogP contribution in [0, 0.1) is 9.39 Å². The highest BCUT2D eigenvalue weighted by molar-refractivity contribution is 14.1. The van der Waals surface area contributed by atoms with Crippen LogP contribution in [0.15, 0.2) is 36.7 Å². The van der Waals surface area contributed by atoms with Crippen molar-refractivity contribution in [2.24, 2.45) is 5.73 Å². The van der Waals surface area contributed by atoms with Gasteiger partial charge in [0.15, 0.2) is 0 Å². The van der Waals surface area contributed by atoms with Gasteiger partial charge in [-0.15, -0.1) is 0 Å². The number of aromatic nitrogens is 1. The van der Waals surface area contributed by atoms with Crippen molar-refractivity contribution in [3.63, 3.8) is 0 Å². The molecular weight excluding hydrogens is 398 g/mol. The Morgan fingerprint density at radius 2 is 2.14 bits per heavy atom. The number of nitrogens with two attached hydrogens (primary N) is 1. The number of rotatable bonds is 4. The third-order valence-corrected chi connectivity index (χ3v) is 4.29. The molecule has 1 fully saturated rings. The van der Waals surface area contributed by atoms with Crippen molar-refractivity contribution in [2.75, 3.05) is 18.0 Å². The van der Waals surface area contributed by atoms with E-state index in [2.05, 4.69) is 32.9 Å². The summed E-state index contributed by atoms with van der Waals surface area (Å²) in [5, 5.41) is 3.16. The molecule has 114 valence electrons. The van der Waals surface area contributed by atoms with Crippen LogP contribution in [0.2, 0.25) is 0 Å². The SMILES string of the molecule is NC(=O)c1ccncc1N(c1ccc(I)cc1F)C1CNC1. The fourth-order valence-electron chi connectivity index (χ4n) is 2.44. The van der Waals surface area contributed by atoms with E-state index in [-0.39, 0.29) is 11.9 Å². The maximum Gasteiger partial charge on any atom is 0.250 e. The van der Waals surface area contributed by atoms with E-state index in [0.29, 0.717) is 30.0 Å². The molecule has 22 heavy (non-hydrogen) atoms. The molecule has 0 unspecified atom stereocenters. The predicted octanol–water partition coefficient (Wildman–Crippen LogP) is 2.03. The molecule has 1 saturated heterocycles. The molecule has 1 aliphatic heterocycles. The van der Waals surface area contributed by atoms with E-state index >= 15 is 0 Å². The van der Waals surface area contributed by atoms with Gasteiger partial charge in [0.2, 0.25) is 0 Å². The van der Waals surface area contributed by atoms with E-state index in [1.165, 1.54) is 12.3 Å². The normalized spacial score (nSPS) is 14.5. The third kappa shape index (κ3) is 2.78. The van der Waals surface area contributed by atoms with Crippen LogP contribution in [-0.4, -0.2) is 30.0 Å². The van der Waals surface area contributed by atoms with Crippen molar-refractivity contribution in [2.45, 2.75) is 6.04 Å². The topological polar surface area (TPSA) is 71.2 Å². The Bertz CT molecular complexity index is 720. The van der Waals surface area contributed by atoms with Crippen LogP contribution in [0.4, 0.5) is 15.8 Å². The van der Waals surface area contributed by atoms with Gasteiger partial charge in [-0.1, -0.05) is 0 Å². The number of carbonyl (C=O) groups excluding carboxylic acids is 1. The highest BCUT2D eigenvalue weighted by atomic mass is 127. The Hall–Kier alpha value is -1.74. The summed E-state index contributed by atoms with van der Waals surface area (Å²) in [7, 11) is 0. The van der Waals surface area contributed by atoms with Crippen LogP contribution < -0.4 is 16.0 Å². The van der Waals surface area contributed by atoms with Crippen molar-refractivity contribution in [1.82, 2.24) is 10.3 Å². The Balaban J connectivity index is 2.13. The number of nitrogens with one attached hydrogen (secondary N) is 1. The van der Waals surface area contributed by atoms with E-state index in [0.717, 1.165) is 3.57 Å². The highest BCUT2D eigenvalue weighted by Crippen LogP contribution is 2.33. The second-order valence-corrected chi connectivity index (χ2v) is 6.28. The Kier molecular flexibility index (Phi) is 4.25. The molecule has 1 aromatic heterocycles. The van der Waals surface area contributed by atoms with Crippen molar-refractivity contribution in [3.05, 3.63) is 51.6 Å². The molecule has 0 atom stereocenters. The van der Waals surface area contributed by atoms with Gasteiger partial charge in [0.1, 0.15) is 5.82 Å². The number of pyridine rings is 1. The fraction of sp³-hybridized carbons (Fsp3) is 0.200. The molecular formula is C15H14FIN4O. The zero-order valence-electron chi connectivity index (χ0n) is 11.6. The standard InChI is InChI=1S/C15H14FIN4O/c16-12-5-9(17)1-2-13(12)21(10-6-20-7-10)14-8-19-4-3-11(14)15(18)22/h1-5,8,10,20H,6-7H2,(H2,18,22). The van der Waals surface area contributed by atoms with E-state index in [9.17, 15) is 9.18 Å². The lowest BCUT2D eigenvalue weighted by Gasteiger charge is -2.40. The van der Waals surface area contributed by atoms with Crippen molar-refractivity contribution >= 4 is 39.9 Å². The summed E-state index contributed by atoms with van der Waals surface area (Å²) in [6.45, 7) is 1.41. The monoisotopic (exact) mass is 412 g/mol. The number of amides is 1. The summed E-state index contributed by atoms with van der Waals surface area (Å²) < 4.78 is 15.2. The lowest BCUT2D eigenvalue weighted by Crippen LogP contribution is -2.56. The number of nitrogens with zero attached hydrogens (tertiary/aromatic N) is 2. The number of benzene rings is 1. The smallest absolute Gasteiger partial charge is 0.250 e. The van der Waals surface area contributed by atoms with Gasteiger partial charge >= 0.3 is 0 Å². The first-order valence-electron chi connectivity index (χ1n) is 6.76. The summed E-state index contributed by atoms with van der Waals surface area (Å²) >= 11 is 2.06. The lowest BCUT2D eigenvalue weighted by molar-refractivity contribution is 0.100. The van der Waals surface area contributed by atoms with Gasteiger partial charge in [0.25, 0.3) is 5.91 Å². The second kappa shape index (κ2) is 6.17. The number of hydrogen-bond donors (Lipinski definition) is 2. The van der Waals surface area contributed by atoms with Crippen molar-refractivity contribution in [3.8, 4) is 0 Å². The van der Waals surface area contributed by atoms with Crippen LogP contribution in [-0.2, 0) is 0 Å². The number of anilines is 2. The third-order valence-electron chi connectivity index (χ3n) is 3.62. The van der Waals surface area contributed by atoms with Crippen molar-refractivity contribution < 1.29 is 9.18 Å². The molecule has 0 saturated carbocycles. The predicted molar refractivity (Wildman–Crippen MR) is 90.7 cm³/mol. The van der Waals surface area contributed by atoms with Crippen LogP contribution in [0.1, 0.15) is 10.4 Å². The highest BCUT2D eigenvalue weighted by Gasteiger charge is 2.30. The minimum atomic E-state index is -0.555. The molecule has 3 rings (SSSR count). The molecule has 5 nitrogen and oxygen atoms in total. The fourth-order valence-corrected chi connectivity index (χ4v) is 2.90. The molecule has 1 amide bonds. The van der Waals surface area contributed by atoms with Gasteiger partial charge in [0, 0.05) is 22.9 Å². The molecule has 0 radical (unpaired) electrons. The number of hydrogen-bond acceptors (Lipinski definition) is 4. The molecule has 3 N–H and O–H groups in total. The molecule has 0 bridgehead atoms. The minimum absolute atomic E-state index is 0.0526. The molecule has 0 aliphatic carbocycles. The molecule has 1 aliphatic rings. The molecule has 1 aromatic carbocycles. The number of primary amides is 1. The minimum Gasteiger partial charge on any atom is -0.366 e. The maximum absolute atomic E-state index is 14.4. The van der Waals surface area contributed by atoms with Gasteiger partial charge in [-0.25, -0.2) is 4.39 Å². The molecule has 7 heteroatoms. The quantitative estimate of drug-likeness (QED) is 0.755. The first-order valence-corrected chi connectivity index (χ1v) is 7.84. The zero-order valence-corrected chi connectivity index (χ0v) is 13.7. The number of carbonyl (C=O) groups is 1. The molecule has 0 spiro atoms. The summed E-state index contributed by atoms with van der Waals surface area (Å²) in [5.41, 5.74) is 6.73. The van der Waals surface area contributed by atoms with E-state index in [1.54, 1.807) is 23.2 Å². The summed E-state index contributed by atoms with van der Waals surface area (Å²) in [4.78, 5) is 17.6. The zero-order chi connectivity index (χ0) is 15.7. The lowest BCUT2D eigenvalue weighted by atomic mass is 10.1. The average Bonchev–Trinajstić information content (AvgIpc) is 2.43. The van der Waals surface area contributed by atoms with E-state index in [4.69, 9.17) is 5.73 Å². The Morgan fingerprint density at radius 1 is 1.36 bits per heavy atom. The molecule has 2 aromatic rings. The van der Waals surface area contributed by atoms with E-state index in [1.807, 2.05) is 6.07 Å². The number of halogens is 2.